The Morgan fingerprint density at radius 3 is 2.44 bits per heavy atom. The number of piperidine rings is 1. The number of fused-ring (bicyclic) bond motifs is 1. The van der Waals surface area contributed by atoms with E-state index in [-0.39, 0.29) is 29.4 Å². The Morgan fingerprint density at radius 1 is 1.28 bits per heavy atom. The molecule has 36 heavy (non-hydrogen) atoms. The number of nitrogens with one attached hydrogen (secondary N) is 1. The van der Waals surface area contributed by atoms with Gasteiger partial charge in [0.15, 0.2) is 11.6 Å². The van der Waals surface area contributed by atoms with Crippen LogP contribution in [0.25, 0.3) is 10.9 Å². The third kappa shape index (κ3) is 5.11. The van der Waals surface area contributed by atoms with Crippen LogP contribution < -0.4 is 26.1 Å². The number of carboxylic acids is 1. The van der Waals surface area contributed by atoms with Crippen molar-refractivity contribution in [3.8, 4) is 5.75 Å². The van der Waals surface area contributed by atoms with Gasteiger partial charge in [-0.05, 0) is 52.5 Å². The first-order valence-electron chi connectivity index (χ1n) is 12.0. The molecular formula is C25H33FN4O6. The van der Waals surface area contributed by atoms with Crippen LogP contribution in [-0.4, -0.2) is 59.6 Å². The van der Waals surface area contributed by atoms with Crippen LogP contribution in [0.15, 0.2) is 17.1 Å². The maximum absolute atomic E-state index is 15.5. The summed E-state index contributed by atoms with van der Waals surface area (Å²) in [6, 6.07) is 1.13. The molecule has 4 N–H and O–H groups in total. The van der Waals surface area contributed by atoms with Gasteiger partial charge in [-0.25, -0.2) is 14.0 Å². The van der Waals surface area contributed by atoms with Gasteiger partial charge < -0.3 is 35.1 Å². The number of amides is 1. The van der Waals surface area contributed by atoms with Crippen LogP contribution in [0.3, 0.4) is 0 Å². The number of pyridine rings is 1. The zero-order valence-electron chi connectivity index (χ0n) is 21.0. The molecular weight excluding hydrogens is 471 g/mol. The number of nitrogens with zero attached hydrogens (tertiary/aromatic N) is 2. The van der Waals surface area contributed by atoms with Crippen molar-refractivity contribution in [2.45, 2.75) is 63.6 Å². The SMILES string of the molecule is COc1c(N2CCC(N)(CNC(=O)OC(C)(C)C)CC2)c(F)cc2c(=O)c(C(=O)O)cn(C3CC3)c12. The van der Waals surface area contributed by atoms with E-state index >= 15 is 4.39 Å². The van der Waals surface area contributed by atoms with Crippen molar-refractivity contribution in [3.05, 3.63) is 33.9 Å². The van der Waals surface area contributed by atoms with Crippen LogP contribution in [-0.2, 0) is 4.74 Å². The number of ether oxygens (including phenoxy) is 2. The van der Waals surface area contributed by atoms with Gasteiger partial charge in [-0.2, -0.15) is 0 Å². The zero-order chi connectivity index (χ0) is 26.4. The Bertz CT molecular complexity index is 1260. The number of hydrogen-bond acceptors (Lipinski definition) is 7. The van der Waals surface area contributed by atoms with Gasteiger partial charge >= 0.3 is 12.1 Å². The lowest BCUT2D eigenvalue weighted by atomic mass is 9.88. The van der Waals surface area contributed by atoms with E-state index in [1.807, 2.05) is 4.90 Å². The van der Waals surface area contributed by atoms with Crippen molar-refractivity contribution in [1.29, 1.82) is 0 Å². The molecule has 2 heterocycles. The van der Waals surface area contributed by atoms with E-state index < -0.39 is 40.0 Å². The average molecular weight is 505 g/mol. The largest absolute Gasteiger partial charge is 0.492 e. The van der Waals surface area contributed by atoms with Gasteiger partial charge in [-0.3, -0.25) is 4.79 Å². The van der Waals surface area contributed by atoms with Crippen molar-refractivity contribution < 1.29 is 28.6 Å². The summed E-state index contributed by atoms with van der Waals surface area (Å²) in [5, 5.41) is 12.2. The Hall–Kier alpha value is -3.34. The number of carboxylic acid groups (broad SMARTS) is 1. The van der Waals surface area contributed by atoms with Gasteiger partial charge in [0.1, 0.15) is 16.9 Å². The van der Waals surface area contributed by atoms with E-state index in [1.54, 1.807) is 25.3 Å². The first kappa shape index (κ1) is 25.7. The number of anilines is 1. The van der Waals surface area contributed by atoms with Gasteiger partial charge in [0.25, 0.3) is 0 Å². The molecule has 0 spiro atoms. The quantitative estimate of drug-likeness (QED) is 0.546. The van der Waals surface area contributed by atoms with E-state index in [0.29, 0.717) is 31.4 Å². The molecule has 2 fully saturated rings. The molecule has 1 aliphatic carbocycles. The average Bonchev–Trinajstić information content (AvgIpc) is 3.62. The van der Waals surface area contributed by atoms with Gasteiger partial charge in [0.2, 0.25) is 5.43 Å². The van der Waals surface area contributed by atoms with Gasteiger partial charge in [-0.15, -0.1) is 0 Å². The predicted octanol–water partition coefficient (Wildman–Crippen LogP) is 3.00. The first-order chi connectivity index (χ1) is 16.8. The third-order valence-electron chi connectivity index (χ3n) is 6.63. The number of nitrogens with two attached hydrogens (primary N) is 1. The van der Waals surface area contributed by atoms with Crippen molar-refractivity contribution in [2.75, 3.05) is 31.6 Å². The van der Waals surface area contributed by atoms with E-state index in [1.165, 1.54) is 13.3 Å². The lowest BCUT2D eigenvalue weighted by molar-refractivity contribution is 0.0510. The number of alkyl carbamates (subject to hydrolysis) is 1. The smallest absolute Gasteiger partial charge is 0.407 e. The topological polar surface area (TPSA) is 136 Å². The van der Waals surface area contributed by atoms with E-state index in [4.69, 9.17) is 15.2 Å². The monoisotopic (exact) mass is 504 g/mol. The number of rotatable bonds is 6. The van der Waals surface area contributed by atoms with Gasteiger partial charge in [0.05, 0.1) is 18.0 Å². The molecule has 0 unspecified atom stereocenters. The highest BCUT2D eigenvalue weighted by Crippen LogP contribution is 2.44. The second-order valence-corrected chi connectivity index (χ2v) is 10.7. The molecule has 1 amide bonds. The fourth-order valence-electron chi connectivity index (χ4n) is 4.64. The fraction of sp³-hybridized carbons (Fsp3) is 0.560. The lowest BCUT2D eigenvalue weighted by Gasteiger charge is -2.41. The highest BCUT2D eigenvalue weighted by Gasteiger charge is 2.36. The minimum Gasteiger partial charge on any atom is -0.492 e. The lowest BCUT2D eigenvalue weighted by Crippen LogP contribution is -2.57. The van der Waals surface area contributed by atoms with Crippen molar-refractivity contribution >= 4 is 28.7 Å². The van der Waals surface area contributed by atoms with Crippen LogP contribution in [0.2, 0.25) is 0 Å². The second-order valence-electron chi connectivity index (χ2n) is 10.7. The number of halogens is 1. The van der Waals surface area contributed by atoms with Crippen LogP contribution in [0.4, 0.5) is 14.9 Å². The summed E-state index contributed by atoms with van der Waals surface area (Å²) in [6.07, 6.45) is 3.38. The maximum atomic E-state index is 15.5. The molecule has 0 atom stereocenters. The van der Waals surface area contributed by atoms with Gasteiger partial charge in [-0.1, -0.05) is 0 Å². The highest BCUT2D eigenvalue weighted by atomic mass is 19.1. The van der Waals surface area contributed by atoms with Gasteiger partial charge in [0, 0.05) is 37.4 Å². The number of benzene rings is 1. The number of aromatic carboxylic acids is 1. The standard InChI is InChI=1S/C25H33FN4O6/c1-24(2,3)36-23(34)28-13-25(27)7-9-29(10-8-25)19-17(26)11-15-18(21(19)35-4)30(14-5-6-14)12-16(20(15)31)22(32)33/h11-12,14H,5-10,13,27H2,1-4H3,(H,28,34)(H,32,33). The number of carbonyl (C=O) groups is 2. The molecule has 0 bridgehead atoms. The van der Waals surface area contributed by atoms with E-state index in [0.717, 1.165) is 18.9 Å². The third-order valence-corrected chi connectivity index (χ3v) is 6.63. The number of methoxy groups -OCH3 is 1. The van der Waals surface area contributed by atoms with Crippen molar-refractivity contribution in [2.24, 2.45) is 5.73 Å². The highest BCUT2D eigenvalue weighted by molar-refractivity contribution is 5.97. The minimum absolute atomic E-state index is 0.0216. The molecule has 0 radical (unpaired) electrons. The Labute approximate surface area is 208 Å². The summed E-state index contributed by atoms with van der Waals surface area (Å²) in [5.74, 6) is -1.82. The normalized spacial score (nSPS) is 17.7. The molecule has 2 aromatic rings. The number of hydrogen-bond donors (Lipinski definition) is 3. The van der Waals surface area contributed by atoms with Crippen molar-refractivity contribution in [3.63, 3.8) is 0 Å². The molecule has 2 aliphatic rings. The fourth-order valence-corrected chi connectivity index (χ4v) is 4.64. The van der Waals surface area contributed by atoms with E-state index in [2.05, 4.69) is 5.32 Å². The molecule has 4 rings (SSSR count). The molecule has 1 aliphatic heterocycles. The number of aromatic nitrogens is 1. The summed E-state index contributed by atoms with van der Waals surface area (Å²) >= 11 is 0. The Balaban J connectivity index is 1.63. The molecule has 196 valence electrons. The molecule has 10 nitrogen and oxygen atoms in total. The molecule has 1 saturated carbocycles. The van der Waals surface area contributed by atoms with Crippen LogP contribution in [0.1, 0.15) is 62.9 Å². The number of carbonyl (C=O) groups excluding carboxylic acids is 1. The summed E-state index contributed by atoms with van der Waals surface area (Å²) in [4.78, 5) is 38.4. The Kier molecular flexibility index (Phi) is 6.63. The second kappa shape index (κ2) is 9.27. The van der Waals surface area contributed by atoms with E-state index in [9.17, 15) is 19.5 Å². The van der Waals surface area contributed by atoms with Crippen molar-refractivity contribution in [1.82, 2.24) is 9.88 Å². The minimum atomic E-state index is -1.35. The zero-order valence-corrected chi connectivity index (χ0v) is 21.0. The van der Waals surface area contributed by atoms with Crippen LogP contribution in [0, 0.1) is 5.82 Å². The summed E-state index contributed by atoms with van der Waals surface area (Å²) in [6.45, 7) is 6.34. The molecule has 1 aromatic heterocycles. The van der Waals surface area contributed by atoms with Crippen LogP contribution >= 0.6 is 0 Å². The van der Waals surface area contributed by atoms with Crippen LogP contribution in [0.5, 0.6) is 5.75 Å². The summed E-state index contributed by atoms with van der Waals surface area (Å²) in [5.41, 5.74) is 4.67. The maximum Gasteiger partial charge on any atom is 0.407 e. The predicted molar refractivity (Wildman–Crippen MR) is 133 cm³/mol. The molecule has 1 saturated heterocycles. The Morgan fingerprint density at radius 2 is 1.92 bits per heavy atom. The summed E-state index contributed by atoms with van der Waals surface area (Å²) < 4.78 is 28.1. The summed E-state index contributed by atoms with van der Waals surface area (Å²) in [7, 11) is 1.41. The molecule has 1 aromatic carbocycles. The molecule has 11 heteroatoms. The first-order valence-corrected chi connectivity index (χ1v) is 12.0.